The third kappa shape index (κ3) is 4.12. The van der Waals surface area contributed by atoms with Gasteiger partial charge < -0.3 is 14.9 Å². The number of carboxylic acid groups (broad SMARTS) is 1. The fourth-order valence-corrected chi connectivity index (χ4v) is 3.76. The number of piperidine rings is 1. The molecule has 2 N–H and O–H groups in total. The lowest BCUT2D eigenvalue weighted by atomic mass is 9.71. The lowest BCUT2D eigenvalue weighted by Crippen LogP contribution is -2.55. The molecule has 0 bridgehead atoms. The lowest BCUT2D eigenvalue weighted by Gasteiger charge is -2.43. The van der Waals surface area contributed by atoms with E-state index in [1.54, 1.807) is 6.07 Å². The Kier molecular flexibility index (Phi) is 5.77. The van der Waals surface area contributed by atoms with Crippen molar-refractivity contribution in [1.29, 1.82) is 0 Å². The molecule has 2 atom stereocenters. The van der Waals surface area contributed by atoms with Crippen molar-refractivity contribution in [2.75, 3.05) is 20.2 Å². The van der Waals surface area contributed by atoms with Gasteiger partial charge in [-0.3, -0.25) is 9.69 Å². The van der Waals surface area contributed by atoms with Crippen LogP contribution in [0.1, 0.15) is 17.5 Å². The number of rotatable bonds is 6. The predicted octanol–water partition coefficient (Wildman–Crippen LogP) is 2.71. The van der Waals surface area contributed by atoms with E-state index in [0.717, 1.165) is 11.1 Å². The van der Waals surface area contributed by atoms with Crippen LogP contribution in [0.5, 0.6) is 5.75 Å². The predicted molar refractivity (Wildman–Crippen MR) is 99.1 cm³/mol. The number of aliphatic carboxylic acids is 1. The number of hydrogen-bond donors (Lipinski definition) is 2. The molecule has 0 saturated carbocycles. The van der Waals surface area contributed by atoms with E-state index in [4.69, 9.17) is 4.74 Å². The molecule has 1 heterocycles. The monoisotopic (exact) mass is 373 g/mol. The molecular weight excluding hydrogens is 349 g/mol. The maximum absolute atomic E-state index is 13.4. The van der Waals surface area contributed by atoms with Gasteiger partial charge in [0.15, 0.2) is 0 Å². The number of β-amino-alcohol motifs (C(OH)–C–C–N with tert-alkyl or cyclic N) is 1. The second-order valence-corrected chi connectivity index (χ2v) is 7.08. The molecule has 2 aromatic rings. The van der Waals surface area contributed by atoms with Crippen LogP contribution in [-0.4, -0.2) is 47.4 Å². The van der Waals surface area contributed by atoms with Crippen molar-refractivity contribution in [3.63, 3.8) is 0 Å². The van der Waals surface area contributed by atoms with Gasteiger partial charge in [-0.15, -0.1) is 0 Å². The number of nitrogens with zero attached hydrogens (tertiary/aromatic N) is 1. The highest BCUT2D eigenvalue weighted by Gasteiger charge is 2.48. The second kappa shape index (κ2) is 8.06. The molecule has 1 aliphatic rings. The Morgan fingerprint density at radius 2 is 2.04 bits per heavy atom. The number of aliphatic hydroxyl groups excluding tert-OH is 1. The summed E-state index contributed by atoms with van der Waals surface area (Å²) in [5.41, 5.74) is 0.495. The van der Waals surface area contributed by atoms with E-state index in [2.05, 4.69) is 0 Å². The normalized spacial score (nSPS) is 23.1. The van der Waals surface area contributed by atoms with Gasteiger partial charge in [-0.05, 0) is 31.0 Å². The van der Waals surface area contributed by atoms with E-state index in [1.165, 1.54) is 19.2 Å². The summed E-state index contributed by atoms with van der Waals surface area (Å²) >= 11 is 0. The molecule has 3 rings (SSSR count). The van der Waals surface area contributed by atoms with Crippen molar-refractivity contribution in [3.05, 3.63) is 65.5 Å². The summed E-state index contributed by atoms with van der Waals surface area (Å²) in [5, 5.41) is 20.6. The molecule has 144 valence electrons. The van der Waals surface area contributed by atoms with Crippen LogP contribution < -0.4 is 4.74 Å². The molecule has 1 fully saturated rings. The van der Waals surface area contributed by atoms with Gasteiger partial charge in [-0.2, -0.15) is 0 Å². The number of likely N-dealkylation sites (tertiary alicyclic amines) is 1. The van der Waals surface area contributed by atoms with Crippen molar-refractivity contribution < 1.29 is 24.1 Å². The van der Waals surface area contributed by atoms with Crippen LogP contribution in [0, 0.1) is 11.2 Å². The average Bonchev–Trinajstić information content (AvgIpc) is 2.66. The number of carboxylic acids is 1. The zero-order valence-electron chi connectivity index (χ0n) is 15.3. The first-order valence-electron chi connectivity index (χ1n) is 8.95. The van der Waals surface area contributed by atoms with Gasteiger partial charge in [-0.25, -0.2) is 4.39 Å². The van der Waals surface area contributed by atoms with Crippen LogP contribution in [-0.2, 0) is 17.8 Å². The summed E-state index contributed by atoms with van der Waals surface area (Å²) in [6.45, 7) is 1.22. The highest BCUT2D eigenvalue weighted by molar-refractivity contribution is 5.76. The van der Waals surface area contributed by atoms with Gasteiger partial charge >= 0.3 is 5.97 Å². The Morgan fingerprint density at radius 3 is 2.67 bits per heavy atom. The molecule has 0 unspecified atom stereocenters. The summed E-state index contributed by atoms with van der Waals surface area (Å²) in [7, 11) is 1.48. The van der Waals surface area contributed by atoms with Crippen LogP contribution in [0.25, 0.3) is 0 Å². The average molecular weight is 373 g/mol. The molecular formula is C21H24FNO4. The molecule has 5 nitrogen and oxygen atoms in total. The maximum atomic E-state index is 13.4. The van der Waals surface area contributed by atoms with Crippen LogP contribution in [0.4, 0.5) is 4.39 Å². The molecule has 0 amide bonds. The van der Waals surface area contributed by atoms with Crippen molar-refractivity contribution in [3.8, 4) is 5.75 Å². The zero-order chi connectivity index (χ0) is 19.4. The molecule has 1 aliphatic heterocycles. The first-order valence-corrected chi connectivity index (χ1v) is 8.95. The summed E-state index contributed by atoms with van der Waals surface area (Å²) in [4.78, 5) is 14.0. The number of methoxy groups -OCH3 is 1. The van der Waals surface area contributed by atoms with E-state index in [0.29, 0.717) is 25.3 Å². The SMILES string of the molecule is COc1cc(F)ccc1CN1CC[C@](Cc2ccccc2)(C(=O)O)[C@@H](O)C1. The first-order chi connectivity index (χ1) is 12.9. The van der Waals surface area contributed by atoms with Crippen LogP contribution in [0.3, 0.4) is 0 Å². The highest BCUT2D eigenvalue weighted by atomic mass is 19.1. The number of ether oxygens (including phenoxy) is 1. The number of benzene rings is 2. The smallest absolute Gasteiger partial charge is 0.312 e. The van der Waals surface area contributed by atoms with Gasteiger partial charge in [0.05, 0.1) is 13.2 Å². The number of halogens is 1. The topological polar surface area (TPSA) is 70.0 Å². The van der Waals surface area contributed by atoms with Crippen molar-refractivity contribution >= 4 is 5.97 Å². The fraction of sp³-hybridized carbons (Fsp3) is 0.381. The largest absolute Gasteiger partial charge is 0.496 e. The summed E-state index contributed by atoms with van der Waals surface area (Å²) < 4.78 is 18.6. The van der Waals surface area contributed by atoms with Crippen LogP contribution in [0.15, 0.2) is 48.5 Å². The van der Waals surface area contributed by atoms with Crippen LogP contribution >= 0.6 is 0 Å². The zero-order valence-corrected chi connectivity index (χ0v) is 15.3. The Bertz CT molecular complexity index is 798. The minimum Gasteiger partial charge on any atom is -0.496 e. The molecule has 6 heteroatoms. The molecule has 2 aromatic carbocycles. The molecule has 0 aromatic heterocycles. The summed E-state index contributed by atoms with van der Waals surface area (Å²) in [6, 6.07) is 13.7. The minimum atomic E-state index is -1.20. The molecule has 0 radical (unpaired) electrons. The van der Waals surface area contributed by atoms with Crippen molar-refractivity contribution in [2.45, 2.75) is 25.5 Å². The third-order valence-electron chi connectivity index (χ3n) is 5.37. The van der Waals surface area contributed by atoms with Crippen molar-refractivity contribution in [2.24, 2.45) is 5.41 Å². The van der Waals surface area contributed by atoms with E-state index in [9.17, 15) is 19.4 Å². The Balaban J connectivity index is 1.74. The molecule has 0 aliphatic carbocycles. The van der Waals surface area contributed by atoms with Gasteiger partial charge in [0, 0.05) is 24.7 Å². The standard InChI is InChI=1S/C21H24FNO4/c1-27-18-11-17(22)8-7-16(18)13-23-10-9-21(20(25)26,19(24)14-23)12-15-5-3-2-4-6-15/h2-8,11,19,24H,9-10,12-14H2,1H3,(H,25,26)/t19-,21+/m0/s1. The molecule has 1 saturated heterocycles. The van der Waals surface area contributed by atoms with Gasteiger partial charge in [-0.1, -0.05) is 36.4 Å². The van der Waals surface area contributed by atoms with Gasteiger partial charge in [0.2, 0.25) is 0 Å². The Morgan fingerprint density at radius 1 is 1.30 bits per heavy atom. The van der Waals surface area contributed by atoms with Crippen LogP contribution in [0.2, 0.25) is 0 Å². The number of carbonyl (C=O) groups is 1. The molecule has 27 heavy (non-hydrogen) atoms. The van der Waals surface area contributed by atoms with E-state index in [-0.39, 0.29) is 18.8 Å². The molecule has 0 spiro atoms. The second-order valence-electron chi connectivity index (χ2n) is 7.08. The number of hydrogen-bond acceptors (Lipinski definition) is 4. The van der Waals surface area contributed by atoms with E-state index < -0.39 is 17.5 Å². The minimum absolute atomic E-state index is 0.236. The summed E-state index contributed by atoms with van der Waals surface area (Å²) in [5.74, 6) is -0.899. The lowest BCUT2D eigenvalue weighted by molar-refractivity contribution is -0.163. The first kappa shape index (κ1) is 19.3. The highest BCUT2D eigenvalue weighted by Crippen LogP contribution is 2.37. The van der Waals surface area contributed by atoms with Crippen molar-refractivity contribution in [1.82, 2.24) is 4.90 Å². The maximum Gasteiger partial charge on any atom is 0.312 e. The Hall–Kier alpha value is -2.44. The van der Waals surface area contributed by atoms with E-state index >= 15 is 0 Å². The van der Waals surface area contributed by atoms with Gasteiger partial charge in [0.1, 0.15) is 17.0 Å². The Labute approximate surface area is 158 Å². The van der Waals surface area contributed by atoms with E-state index in [1.807, 2.05) is 35.2 Å². The quantitative estimate of drug-likeness (QED) is 0.815. The van der Waals surface area contributed by atoms with Gasteiger partial charge in [0.25, 0.3) is 0 Å². The summed E-state index contributed by atoms with van der Waals surface area (Å²) in [6.07, 6.45) is -0.379. The third-order valence-corrected chi connectivity index (χ3v) is 5.37. The fourth-order valence-electron chi connectivity index (χ4n) is 3.76. The number of aliphatic hydroxyl groups is 1.